The summed E-state index contributed by atoms with van der Waals surface area (Å²) in [7, 11) is -3.58. The van der Waals surface area contributed by atoms with Gasteiger partial charge in [0, 0.05) is 5.38 Å². The van der Waals surface area contributed by atoms with Gasteiger partial charge in [0.15, 0.2) is 5.13 Å². The second-order valence-corrected chi connectivity index (χ2v) is 7.01. The lowest BCUT2D eigenvalue weighted by atomic mass is 10.4. The van der Waals surface area contributed by atoms with E-state index in [-0.39, 0.29) is 10.8 Å². The van der Waals surface area contributed by atoms with Crippen molar-refractivity contribution < 1.29 is 13.5 Å². The van der Waals surface area contributed by atoms with E-state index in [1.165, 1.54) is 17.4 Å². The van der Waals surface area contributed by atoms with Crippen LogP contribution in [0.2, 0.25) is 0 Å². The number of anilines is 1. The van der Waals surface area contributed by atoms with Crippen LogP contribution >= 0.6 is 22.7 Å². The third kappa shape index (κ3) is 2.83. The van der Waals surface area contributed by atoms with Gasteiger partial charge in [-0.25, -0.2) is 13.4 Å². The van der Waals surface area contributed by atoms with Crippen LogP contribution in [0.25, 0.3) is 0 Å². The maximum Gasteiger partial charge on any atom is 0.273 e. The van der Waals surface area contributed by atoms with Crippen LogP contribution in [0.1, 0.15) is 11.3 Å². The minimum atomic E-state index is -3.58. The Balaban J connectivity index is 2.24. The van der Waals surface area contributed by atoms with Crippen molar-refractivity contribution in [3.8, 4) is 0 Å². The zero-order valence-electron chi connectivity index (χ0n) is 8.87. The standard InChI is InChI=1S/C9H10N2O3S3/c1-6-4-16-9(10-6)11-17(13,14)8-2-7(3-12)5-15-8/h2,4-5,12H,3H2,1H3,(H,10,11). The largest absolute Gasteiger partial charge is 0.392 e. The average molecular weight is 290 g/mol. The SMILES string of the molecule is Cc1csc(NS(=O)(=O)c2cc(CO)cs2)n1. The summed E-state index contributed by atoms with van der Waals surface area (Å²) in [5.41, 5.74) is 1.36. The molecule has 0 amide bonds. The number of aromatic nitrogens is 1. The van der Waals surface area contributed by atoms with E-state index in [1.54, 1.807) is 17.7 Å². The number of nitrogens with one attached hydrogen (secondary N) is 1. The molecule has 0 atom stereocenters. The van der Waals surface area contributed by atoms with E-state index >= 15 is 0 Å². The zero-order chi connectivity index (χ0) is 12.5. The maximum atomic E-state index is 11.9. The highest BCUT2D eigenvalue weighted by Crippen LogP contribution is 2.24. The van der Waals surface area contributed by atoms with Crippen molar-refractivity contribution in [3.05, 3.63) is 28.1 Å². The van der Waals surface area contributed by atoms with Crippen LogP contribution in [-0.2, 0) is 16.6 Å². The first-order valence-corrected chi connectivity index (χ1v) is 7.89. The summed E-state index contributed by atoms with van der Waals surface area (Å²) in [6.45, 7) is 1.63. The van der Waals surface area contributed by atoms with Crippen molar-refractivity contribution in [1.29, 1.82) is 0 Å². The number of thiazole rings is 1. The van der Waals surface area contributed by atoms with E-state index in [4.69, 9.17) is 5.11 Å². The van der Waals surface area contributed by atoms with Gasteiger partial charge in [-0.2, -0.15) is 0 Å². The molecule has 0 saturated carbocycles. The fourth-order valence-corrected chi connectivity index (χ4v) is 4.28. The Morgan fingerprint density at radius 1 is 1.41 bits per heavy atom. The summed E-state index contributed by atoms with van der Waals surface area (Å²) < 4.78 is 26.4. The molecule has 0 aromatic carbocycles. The fraction of sp³-hybridized carbons (Fsp3) is 0.222. The molecule has 0 saturated heterocycles. The molecule has 2 rings (SSSR count). The Hall–Kier alpha value is -0.960. The predicted molar refractivity (Wildman–Crippen MR) is 67.9 cm³/mol. The van der Waals surface area contributed by atoms with Crippen molar-refractivity contribution >= 4 is 37.8 Å². The highest BCUT2D eigenvalue weighted by Gasteiger charge is 2.18. The van der Waals surface area contributed by atoms with Gasteiger partial charge in [0.1, 0.15) is 4.21 Å². The van der Waals surface area contributed by atoms with Crippen LogP contribution in [0, 0.1) is 6.92 Å². The van der Waals surface area contributed by atoms with Crippen molar-refractivity contribution in [2.75, 3.05) is 4.72 Å². The molecule has 0 spiro atoms. The Bertz CT molecular complexity index is 615. The number of hydrogen-bond donors (Lipinski definition) is 2. The number of rotatable bonds is 4. The molecular formula is C9H10N2O3S3. The van der Waals surface area contributed by atoms with Crippen LogP contribution in [0.5, 0.6) is 0 Å². The number of thiophene rings is 1. The van der Waals surface area contributed by atoms with Crippen molar-refractivity contribution in [2.45, 2.75) is 17.7 Å². The molecule has 0 fully saturated rings. The molecule has 8 heteroatoms. The van der Waals surface area contributed by atoms with Gasteiger partial charge in [-0.05, 0) is 23.9 Å². The van der Waals surface area contributed by atoms with E-state index in [2.05, 4.69) is 9.71 Å². The van der Waals surface area contributed by atoms with Gasteiger partial charge >= 0.3 is 0 Å². The van der Waals surface area contributed by atoms with Crippen LogP contribution in [-0.4, -0.2) is 18.5 Å². The summed E-state index contributed by atoms with van der Waals surface area (Å²) in [6, 6.07) is 1.45. The molecule has 2 N–H and O–H groups in total. The maximum absolute atomic E-state index is 11.9. The summed E-state index contributed by atoms with van der Waals surface area (Å²) in [5.74, 6) is 0. The molecule has 0 bridgehead atoms. The first kappa shape index (κ1) is 12.5. The van der Waals surface area contributed by atoms with Gasteiger partial charge < -0.3 is 5.11 Å². The summed E-state index contributed by atoms with van der Waals surface area (Å²) in [5, 5.41) is 12.6. The van der Waals surface area contributed by atoms with E-state index in [0.29, 0.717) is 10.7 Å². The van der Waals surface area contributed by atoms with Crippen LogP contribution < -0.4 is 4.72 Å². The van der Waals surface area contributed by atoms with Crippen LogP contribution in [0.4, 0.5) is 5.13 Å². The quantitative estimate of drug-likeness (QED) is 0.900. The van der Waals surface area contributed by atoms with E-state index in [9.17, 15) is 8.42 Å². The summed E-state index contributed by atoms with van der Waals surface area (Å²) in [4.78, 5) is 4.03. The third-order valence-electron chi connectivity index (χ3n) is 1.92. The third-order valence-corrected chi connectivity index (χ3v) is 5.75. The first-order chi connectivity index (χ1) is 8.01. The fourth-order valence-electron chi connectivity index (χ4n) is 1.14. The first-order valence-electron chi connectivity index (χ1n) is 4.64. The summed E-state index contributed by atoms with van der Waals surface area (Å²) in [6.07, 6.45) is 0. The topological polar surface area (TPSA) is 79.3 Å². The highest BCUT2D eigenvalue weighted by atomic mass is 32.2. The Kier molecular flexibility index (Phi) is 3.48. The monoisotopic (exact) mass is 290 g/mol. The van der Waals surface area contributed by atoms with Crippen molar-refractivity contribution in [1.82, 2.24) is 4.98 Å². The van der Waals surface area contributed by atoms with E-state index < -0.39 is 10.0 Å². The second-order valence-electron chi connectivity index (χ2n) is 3.33. The minimum absolute atomic E-state index is 0.164. The molecule has 2 aromatic rings. The molecular weight excluding hydrogens is 280 g/mol. The smallest absolute Gasteiger partial charge is 0.273 e. The number of nitrogens with zero attached hydrogens (tertiary/aromatic N) is 1. The molecule has 0 radical (unpaired) electrons. The molecule has 5 nitrogen and oxygen atoms in total. The normalized spacial score (nSPS) is 11.6. The predicted octanol–water partition coefficient (Wildman–Crippen LogP) is 1.81. The van der Waals surface area contributed by atoms with Gasteiger partial charge in [0.2, 0.25) is 0 Å². The molecule has 0 unspecified atom stereocenters. The number of sulfonamides is 1. The van der Waals surface area contributed by atoms with Crippen molar-refractivity contribution in [3.63, 3.8) is 0 Å². The van der Waals surface area contributed by atoms with Gasteiger partial charge in [-0.15, -0.1) is 22.7 Å². The average Bonchev–Trinajstić information content (AvgIpc) is 2.86. The molecule has 2 aromatic heterocycles. The highest BCUT2D eigenvalue weighted by molar-refractivity contribution is 7.94. The van der Waals surface area contributed by atoms with Gasteiger partial charge in [0.25, 0.3) is 10.0 Å². The van der Waals surface area contributed by atoms with Gasteiger partial charge in [0.05, 0.1) is 12.3 Å². The number of hydrogen-bond acceptors (Lipinski definition) is 6. The van der Waals surface area contributed by atoms with Crippen molar-refractivity contribution in [2.24, 2.45) is 0 Å². The lowest BCUT2D eigenvalue weighted by Gasteiger charge is -2.01. The molecule has 0 aliphatic heterocycles. The Labute approximate surface area is 107 Å². The number of aliphatic hydroxyl groups excluding tert-OH is 1. The molecule has 0 aliphatic rings. The molecule has 2 heterocycles. The molecule has 92 valence electrons. The second kappa shape index (κ2) is 4.73. The van der Waals surface area contributed by atoms with Crippen LogP contribution in [0.3, 0.4) is 0 Å². The zero-order valence-corrected chi connectivity index (χ0v) is 11.3. The van der Waals surface area contributed by atoms with E-state index in [1.807, 2.05) is 0 Å². The molecule has 0 aliphatic carbocycles. The minimum Gasteiger partial charge on any atom is -0.392 e. The lowest BCUT2D eigenvalue weighted by Crippen LogP contribution is -2.11. The van der Waals surface area contributed by atoms with Gasteiger partial charge in [-0.3, -0.25) is 4.72 Å². The van der Waals surface area contributed by atoms with Crippen LogP contribution in [0.15, 0.2) is 21.0 Å². The number of aryl methyl sites for hydroxylation is 1. The van der Waals surface area contributed by atoms with Gasteiger partial charge in [-0.1, -0.05) is 0 Å². The molecule has 17 heavy (non-hydrogen) atoms. The Morgan fingerprint density at radius 2 is 2.18 bits per heavy atom. The lowest BCUT2D eigenvalue weighted by molar-refractivity contribution is 0.282. The summed E-state index contributed by atoms with van der Waals surface area (Å²) >= 11 is 2.31. The van der Waals surface area contributed by atoms with E-state index in [0.717, 1.165) is 17.0 Å². The number of aliphatic hydroxyl groups is 1. The Morgan fingerprint density at radius 3 is 2.71 bits per heavy atom.